The number of carboxylic acid groups (broad SMARTS) is 1. The normalized spacial score (nSPS) is 23.6. The fraction of sp³-hybridized carbons (Fsp3) is 0.417. The number of carbonyl (C=O) groups excluding carboxylic acids is 1. The van der Waals surface area contributed by atoms with E-state index >= 15 is 0 Å². The van der Waals surface area contributed by atoms with Crippen LogP contribution in [0.5, 0.6) is 0 Å². The molecule has 0 bridgehead atoms. The van der Waals surface area contributed by atoms with Crippen LogP contribution in [0.3, 0.4) is 0 Å². The first kappa shape index (κ1) is 12.2. The van der Waals surface area contributed by atoms with Gasteiger partial charge in [-0.15, -0.1) is 0 Å². The van der Waals surface area contributed by atoms with E-state index in [1.165, 1.54) is 0 Å². The predicted octanol–water partition coefficient (Wildman–Crippen LogP) is 2.53. The molecule has 2 rings (SSSR count). The van der Waals surface area contributed by atoms with Crippen LogP contribution >= 0.6 is 15.9 Å². The lowest BCUT2D eigenvalue weighted by Crippen LogP contribution is -2.25. The number of Topliss-reactive ketones (excluding diaryl/α,β-unsaturated/α-hetero) is 1. The molecule has 0 amide bonds. The van der Waals surface area contributed by atoms with Crippen molar-refractivity contribution in [3.8, 4) is 0 Å². The number of ketones is 1. The smallest absolute Gasteiger partial charge is 0.307 e. The second-order valence-electron chi connectivity index (χ2n) is 4.21. The molecule has 2 atom stereocenters. The molecule has 0 saturated heterocycles. The van der Waals surface area contributed by atoms with Gasteiger partial charge in [-0.2, -0.15) is 0 Å². The van der Waals surface area contributed by atoms with Crippen LogP contribution < -0.4 is 0 Å². The van der Waals surface area contributed by atoms with Crippen molar-refractivity contribution in [2.24, 2.45) is 11.8 Å². The van der Waals surface area contributed by atoms with Crippen LogP contribution in [-0.2, 0) is 4.79 Å². The largest absolute Gasteiger partial charge is 0.481 e. The Bertz CT molecular complexity index is 444. The van der Waals surface area contributed by atoms with Gasteiger partial charge in [-0.05, 0) is 40.9 Å². The maximum Gasteiger partial charge on any atom is 0.307 e. The molecule has 0 spiro atoms. The van der Waals surface area contributed by atoms with Gasteiger partial charge in [0.05, 0.1) is 5.92 Å². The Balaban J connectivity index is 2.19. The summed E-state index contributed by atoms with van der Waals surface area (Å²) in [6.07, 6.45) is 3.58. The fourth-order valence-corrected chi connectivity index (χ4v) is 2.52. The van der Waals surface area contributed by atoms with Crippen LogP contribution in [0.15, 0.2) is 22.8 Å². The lowest BCUT2D eigenvalue weighted by molar-refractivity contribution is -0.142. The maximum atomic E-state index is 12.1. The number of hydrogen-bond donors (Lipinski definition) is 1. The molecule has 17 heavy (non-hydrogen) atoms. The Morgan fingerprint density at radius 1 is 1.29 bits per heavy atom. The van der Waals surface area contributed by atoms with Gasteiger partial charge in [0.15, 0.2) is 5.78 Å². The summed E-state index contributed by atoms with van der Waals surface area (Å²) in [5, 5.41) is 9.04. The van der Waals surface area contributed by atoms with Gasteiger partial charge in [0.25, 0.3) is 0 Å². The summed E-state index contributed by atoms with van der Waals surface area (Å²) in [7, 11) is 0. The molecule has 1 heterocycles. The van der Waals surface area contributed by atoms with Gasteiger partial charge >= 0.3 is 5.97 Å². The number of aliphatic carboxylic acids is 1. The number of halogens is 1. The van der Waals surface area contributed by atoms with Crippen LogP contribution in [0, 0.1) is 11.8 Å². The molecule has 1 aliphatic rings. The fourth-order valence-electron chi connectivity index (χ4n) is 2.28. The van der Waals surface area contributed by atoms with Crippen molar-refractivity contribution in [3.05, 3.63) is 28.5 Å². The molecule has 1 aromatic heterocycles. The molecule has 0 aromatic carbocycles. The van der Waals surface area contributed by atoms with Crippen molar-refractivity contribution in [3.63, 3.8) is 0 Å². The second kappa shape index (κ2) is 4.96. The number of nitrogens with zero attached hydrogens (tertiary/aromatic N) is 1. The van der Waals surface area contributed by atoms with E-state index in [0.29, 0.717) is 18.5 Å². The lowest BCUT2D eigenvalue weighted by Gasteiger charge is -2.13. The van der Waals surface area contributed by atoms with Gasteiger partial charge in [-0.1, -0.05) is 6.42 Å². The quantitative estimate of drug-likeness (QED) is 0.871. The maximum absolute atomic E-state index is 12.1. The molecule has 2 unspecified atom stereocenters. The van der Waals surface area contributed by atoms with Gasteiger partial charge in [-0.3, -0.25) is 14.6 Å². The minimum Gasteiger partial charge on any atom is -0.481 e. The topological polar surface area (TPSA) is 67.3 Å². The summed E-state index contributed by atoms with van der Waals surface area (Å²) < 4.78 is 0.801. The summed E-state index contributed by atoms with van der Waals surface area (Å²) in [4.78, 5) is 27.2. The average molecular weight is 298 g/mol. The van der Waals surface area contributed by atoms with Crippen LogP contribution in [0.25, 0.3) is 0 Å². The number of pyridine rings is 1. The highest BCUT2D eigenvalue weighted by atomic mass is 79.9. The van der Waals surface area contributed by atoms with Gasteiger partial charge in [0, 0.05) is 16.6 Å². The van der Waals surface area contributed by atoms with E-state index in [2.05, 4.69) is 20.9 Å². The summed E-state index contributed by atoms with van der Waals surface area (Å²) in [5.74, 6) is -1.99. The molecule has 90 valence electrons. The van der Waals surface area contributed by atoms with Gasteiger partial charge in [0.2, 0.25) is 0 Å². The van der Waals surface area contributed by atoms with E-state index in [-0.39, 0.29) is 5.78 Å². The SMILES string of the molecule is O=C(O)C1CCCC1C(=O)c1ccc(Br)cn1. The van der Waals surface area contributed by atoms with Crippen LogP contribution in [0.2, 0.25) is 0 Å². The van der Waals surface area contributed by atoms with E-state index < -0.39 is 17.8 Å². The van der Waals surface area contributed by atoms with Crippen LogP contribution in [0.1, 0.15) is 29.8 Å². The molecule has 1 saturated carbocycles. The Hall–Kier alpha value is -1.23. The van der Waals surface area contributed by atoms with Crippen molar-refractivity contribution >= 4 is 27.7 Å². The van der Waals surface area contributed by atoms with Crippen molar-refractivity contribution in [1.82, 2.24) is 4.98 Å². The zero-order valence-electron chi connectivity index (χ0n) is 9.10. The lowest BCUT2D eigenvalue weighted by atomic mass is 9.90. The summed E-state index contributed by atoms with van der Waals surface area (Å²) in [6, 6.07) is 3.37. The minimum atomic E-state index is -0.877. The standard InChI is InChI=1S/C12H12BrNO3/c13-7-4-5-10(14-6-7)11(15)8-2-1-3-9(8)12(16)17/h4-6,8-9H,1-3H2,(H,16,17). The Labute approximate surface area is 107 Å². The third-order valence-electron chi connectivity index (χ3n) is 3.15. The molecule has 0 aliphatic heterocycles. The van der Waals surface area contributed by atoms with E-state index in [1.807, 2.05) is 0 Å². The second-order valence-corrected chi connectivity index (χ2v) is 5.12. The molecule has 1 aliphatic carbocycles. The Kier molecular flexibility index (Phi) is 3.57. The number of carboxylic acids is 1. The van der Waals surface area contributed by atoms with E-state index in [4.69, 9.17) is 5.11 Å². The first-order valence-electron chi connectivity index (χ1n) is 5.48. The number of carbonyl (C=O) groups is 2. The van der Waals surface area contributed by atoms with Crippen molar-refractivity contribution in [2.45, 2.75) is 19.3 Å². The molecule has 5 heteroatoms. The van der Waals surface area contributed by atoms with Gasteiger partial charge < -0.3 is 5.11 Å². The molecule has 4 nitrogen and oxygen atoms in total. The molecule has 1 N–H and O–H groups in total. The monoisotopic (exact) mass is 297 g/mol. The summed E-state index contributed by atoms with van der Waals surface area (Å²) in [5.41, 5.74) is 0.353. The zero-order valence-corrected chi connectivity index (χ0v) is 10.7. The first-order chi connectivity index (χ1) is 8.09. The van der Waals surface area contributed by atoms with Gasteiger partial charge in [0.1, 0.15) is 5.69 Å². The molecule has 0 radical (unpaired) electrons. The third kappa shape index (κ3) is 2.54. The number of aromatic nitrogens is 1. The molecule has 1 aromatic rings. The van der Waals surface area contributed by atoms with Crippen molar-refractivity contribution < 1.29 is 14.7 Å². The summed E-state index contributed by atoms with van der Waals surface area (Å²) >= 11 is 3.25. The number of rotatable bonds is 3. The molecular formula is C12H12BrNO3. The van der Waals surface area contributed by atoms with E-state index in [1.54, 1.807) is 18.3 Å². The Morgan fingerprint density at radius 3 is 2.59 bits per heavy atom. The van der Waals surface area contributed by atoms with Gasteiger partial charge in [-0.25, -0.2) is 0 Å². The van der Waals surface area contributed by atoms with Crippen molar-refractivity contribution in [1.29, 1.82) is 0 Å². The minimum absolute atomic E-state index is 0.151. The van der Waals surface area contributed by atoms with Crippen LogP contribution in [0.4, 0.5) is 0 Å². The third-order valence-corrected chi connectivity index (χ3v) is 3.62. The van der Waals surface area contributed by atoms with Crippen LogP contribution in [-0.4, -0.2) is 21.8 Å². The predicted molar refractivity (Wildman–Crippen MR) is 64.7 cm³/mol. The highest BCUT2D eigenvalue weighted by molar-refractivity contribution is 9.10. The summed E-state index contributed by atoms with van der Waals surface area (Å²) in [6.45, 7) is 0. The van der Waals surface area contributed by atoms with E-state index in [0.717, 1.165) is 10.9 Å². The highest BCUT2D eigenvalue weighted by Gasteiger charge is 2.38. The highest BCUT2D eigenvalue weighted by Crippen LogP contribution is 2.34. The van der Waals surface area contributed by atoms with E-state index in [9.17, 15) is 9.59 Å². The average Bonchev–Trinajstić information content (AvgIpc) is 2.78. The first-order valence-corrected chi connectivity index (χ1v) is 6.27. The zero-order chi connectivity index (χ0) is 12.4. The molecular weight excluding hydrogens is 286 g/mol. The molecule has 1 fully saturated rings. The van der Waals surface area contributed by atoms with Crippen molar-refractivity contribution in [2.75, 3.05) is 0 Å². The number of hydrogen-bond acceptors (Lipinski definition) is 3. The Morgan fingerprint density at radius 2 is 2.00 bits per heavy atom.